The molecule has 0 aliphatic rings. The van der Waals surface area contributed by atoms with Gasteiger partial charge in [-0.25, -0.2) is 10.4 Å². The number of rotatable bonds is 7. The van der Waals surface area contributed by atoms with Gasteiger partial charge in [-0.3, -0.25) is 9.59 Å². The molecule has 4 rings (SSSR count). The number of nitrogens with one attached hydrogen (secondary N) is 2. The van der Waals surface area contributed by atoms with Crippen LogP contribution in [0.25, 0.3) is 11.0 Å². The van der Waals surface area contributed by atoms with Crippen molar-refractivity contribution < 1.29 is 9.53 Å². The number of aromatic amines is 1. The molecule has 4 aromatic rings. The second kappa shape index (κ2) is 9.49. The van der Waals surface area contributed by atoms with Crippen LogP contribution in [0, 0.1) is 0 Å². The van der Waals surface area contributed by atoms with Crippen molar-refractivity contribution >= 4 is 23.2 Å². The van der Waals surface area contributed by atoms with Gasteiger partial charge in [-0.05, 0) is 42.0 Å². The van der Waals surface area contributed by atoms with Crippen LogP contribution in [0.1, 0.15) is 17.7 Å². The van der Waals surface area contributed by atoms with E-state index in [0.717, 1.165) is 11.3 Å². The standard InChI is InChI=1S/C24H20N4O3/c29-23(14-13-22-24(30)27-21-12-5-4-11-20(21)26-22)28-25-16-17-7-6-10-19(15-17)31-18-8-2-1-3-9-18/h1-12,15-16H,13-14H2,(H,27,30)(H,28,29)/b25-16+. The molecule has 154 valence electrons. The maximum atomic E-state index is 12.1. The molecule has 7 heteroatoms. The molecule has 1 aromatic heterocycles. The average molecular weight is 412 g/mol. The van der Waals surface area contributed by atoms with Crippen LogP contribution >= 0.6 is 0 Å². The maximum absolute atomic E-state index is 12.1. The van der Waals surface area contributed by atoms with Gasteiger partial charge in [0.05, 0.1) is 17.2 Å². The lowest BCUT2D eigenvalue weighted by Crippen LogP contribution is -2.21. The smallest absolute Gasteiger partial charge is 0.270 e. The Bertz CT molecular complexity index is 1280. The third-order valence-corrected chi connectivity index (χ3v) is 4.50. The summed E-state index contributed by atoms with van der Waals surface area (Å²) >= 11 is 0. The molecule has 1 amide bonds. The molecular formula is C24H20N4O3. The van der Waals surface area contributed by atoms with Crippen molar-refractivity contribution in [3.8, 4) is 11.5 Å². The highest BCUT2D eigenvalue weighted by Gasteiger charge is 2.07. The quantitative estimate of drug-likeness (QED) is 0.356. The number of hydrazone groups is 1. The van der Waals surface area contributed by atoms with E-state index in [4.69, 9.17) is 4.74 Å². The summed E-state index contributed by atoms with van der Waals surface area (Å²) in [4.78, 5) is 31.3. The molecule has 0 bridgehead atoms. The van der Waals surface area contributed by atoms with Gasteiger partial charge in [0, 0.05) is 12.8 Å². The largest absolute Gasteiger partial charge is 0.457 e. The summed E-state index contributed by atoms with van der Waals surface area (Å²) in [5.41, 5.74) is 4.65. The van der Waals surface area contributed by atoms with E-state index in [0.29, 0.717) is 22.5 Å². The van der Waals surface area contributed by atoms with Crippen LogP contribution in [-0.4, -0.2) is 22.1 Å². The minimum absolute atomic E-state index is 0.100. The molecule has 0 spiro atoms. The molecule has 2 N–H and O–H groups in total. The molecule has 7 nitrogen and oxygen atoms in total. The Morgan fingerprint density at radius 2 is 1.77 bits per heavy atom. The molecule has 0 atom stereocenters. The van der Waals surface area contributed by atoms with Crippen LogP contribution in [0.4, 0.5) is 0 Å². The number of H-pyrrole nitrogens is 1. The Balaban J connectivity index is 1.32. The van der Waals surface area contributed by atoms with E-state index < -0.39 is 0 Å². The molecule has 0 saturated heterocycles. The van der Waals surface area contributed by atoms with Crippen molar-refractivity contribution in [2.45, 2.75) is 12.8 Å². The number of nitrogens with zero attached hydrogens (tertiary/aromatic N) is 2. The second-order valence-electron chi connectivity index (χ2n) is 6.81. The van der Waals surface area contributed by atoms with Gasteiger partial charge in [-0.1, -0.05) is 42.5 Å². The van der Waals surface area contributed by atoms with Gasteiger partial charge in [0.2, 0.25) is 5.91 Å². The molecule has 0 unspecified atom stereocenters. The molecule has 0 saturated carbocycles. The Labute approximate surface area is 178 Å². The van der Waals surface area contributed by atoms with Crippen LogP contribution in [0.3, 0.4) is 0 Å². The lowest BCUT2D eigenvalue weighted by atomic mass is 10.2. The predicted molar refractivity (Wildman–Crippen MR) is 119 cm³/mol. The monoisotopic (exact) mass is 412 g/mol. The van der Waals surface area contributed by atoms with Crippen LogP contribution in [-0.2, 0) is 11.2 Å². The number of aryl methyl sites for hydroxylation is 1. The van der Waals surface area contributed by atoms with Gasteiger partial charge in [-0.15, -0.1) is 0 Å². The fourth-order valence-electron chi connectivity index (χ4n) is 2.99. The van der Waals surface area contributed by atoms with Crippen LogP contribution in [0.15, 0.2) is 88.8 Å². The minimum atomic E-state index is -0.303. The summed E-state index contributed by atoms with van der Waals surface area (Å²) in [5, 5.41) is 3.99. The fourth-order valence-corrected chi connectivity index (χ4v) is 2.99. The first-order valence-corrected chi connectivity index (χ1v) is 9.80. The zero-order valence-corrected chi connectivity index (χ0v) is 16.6. The number of hydrogen-bond acceptors (Lipinski definition) is 5. The Morgan fingerprint density at radius 3 is 2.65 bits per heavy atom. The normalized spacial score (nSPS) is 11.0. The van der Waals surface area contributed by atoms with Gasteiger partial charge in [0.25, 0.3) is 5.56 Å². The average Bonchev–Trinajstić information content (AvgIpc) is 2.78. The van der Waals surface area contributed by atoms with E-state index >= 15 is 0 Å². The van der Waals surface area contributed by atoms with Gasteiger partial charge < -0.3 is 9.72 Å². The Hall–Kier alpha value is -4.26. The number of ether oxygens (including phenoxy) is 1. The summed E-state index contributed by atoms with van der Waals surface area (Å²) < 4.78 is 5.79. The number of carbonyl (C=O) groups excluding carboxylic acids is 1. The number of hydrogen-bond donors (Lipinski definition) is 2. The topological polar surface area (TPSA) is 96.4 Å². The highest BCUT2D eigenvalue weighted by molar-refractivity contribution is 5.83. The third-order valence-electron chi connectivity index (χ3n) is 4.50. The van der Waals surface area contributed by atoms with Crippen molar-refractivity contribution in [3.05, 3.63) is 100 Å². The SMILES string of the molecule is O=C(CCc1nc2ccccc2[nH]c1=O)N/N=C/c1cccc(Oc2ccccc2)c1. The number of benzene rings is 3. The molecule has 0 radical (unpaired) electrons. The van der Waals surface area contributed by atoms with Crippen molar-refractivity contribution in [3.63, 3.8) is 0 Å². The van der Waals surface area contributed by atoms with E-state index in [1.807, 2.05) is 72.8 Å². The van der Waals surface area contributed by atoms with Crippen molar-refractivity contribution in [2.75, 3.05) is 0 Å². The fraction of sp³-hybridized carbons (Fsp3) is 0.0833. The van der Waals surface area contributed by atoms with E-state index in [9.17, 15) is 9.59 Å². The molecule has 1 heterocycles. The van der Waals surface area contributed by atoms with Crippen LogP contribution in [0.5, 0.6) is 11.5 Å². The van der Waals surface area contributed by atoms with E-state index in [-0.39, 0.29) is 24.3 Å². The van der Waals surface area contributed by atoms with Crippen molar-refractivity contribution in [1.29, 1.82) is 0 Å². The first-order valence-electron chi connectivity index (χ1n) is 9.80. The number of carbonyl (C=O) groups is 1. The van der Waals surface area contributed by atoms with E-state index in [2.05, 4.69) is 20.5 Å². The summed E-state index contributed by atoms with van der Waals surface area (Å²) in [6.07, 6.45) is 1.86. The number of aromatic nitrogens is 2. The van der Waals surface area contributed by atoms with Crippen LogP contribution in [0.2, 0.25) is 0 Å². The molecule has 0 fully saturated rings. The number of fused-ring (bicyclic) bond motifs is 1. The highest BCUT2D eigenvalue weighted by Crippen LogP contribution is 2.21. The minimum Gasteiger partial charge on any atom is -0.457 e. The lowest BCUT2D eigenvalue weighted by Gasteiger charge is -2.05. The first kappa shape index (κ1) is 20.0. The Kier molecular flexibility index (Phi) is 6.13. The number of para-hydroxylation sites is 3. The van der Waals surface area contributed by atoms with Crippen molar-refractivity contribution in [2.24, 2.45) is 5.10 Å². The zero-order chi connectivity index (χ0) is 21.5. The summed E-state index contributed by atoms with van der Waals surface area (Å²) in [7, 11) is 0. The van der Waals surface area contributed by atoms with Gasteiger partial charge in [0.1, 0.15) is 17.2 Å². The lowest BCUT2D eigenvalue weighted by molar-refractivity contribution is -0.121. The number of amides is 1. The molecular weight excluding hydrogens is 392 g/mol. The molecule has 0 aliphatic heterocycles. The first-order chi connectivity index (χ1) is 15.2. The highest BCUT2D eigenvalue weighted by atomic mass is 16.5. The summed E-state index contributed by atoms with van der Waals surface area (Å²) in [6.45, 7) is 0. The van der Waals surface area contributed by atoms with E-state index in [1.54, 1.807) is 6.07 Å². The molecule has 31 heavy (non-hydrogen) atoms. The Morgan fingerprint density at radius 1 is 1.00 bits per heavy atom. The van der Waals surface area contributed by atoms with Crippen LogP contribution < -0.4 is 15.7 Å². The van der Waals surface area contributed by atoms with Gasteiger partial charge >= 0.3 is 0 Å². The van der Waals surface area contributed by atoms with Crippen molar-refractivity contribution in [1.82, 2.24) is 15.4 Å². The van der Waals surface area contributed by atoms with Gasteiger partial charge in [-0.2, -0.15) is 5.10 Å². The van der Waals surface area contributed by atoms with Gasteiger partial charge in [0.15, 0.2) is 0 Å². The molecule has 3 aromatic carbocycles. The van der Waals surface area contributed by atoms with E-state index in [1.165, 1.54) is 6.21 Å². The summed E-state index contributed by atoms with van der Waals surface area (Å²) in [6, 6.07) is 24.1. The zero-order valence-electron chi connectivity index (χ0n) is 16.6. The molecule has 0 aliphatic carbocycles. The predicted octanol–water partition coefficient (Wildman–Crippen LogP) is 3.80. The summed E-state index contributed by atoms with van der Waals surface area (Å²) in [5.74, 6) is 1.10. The second-order valence-corrected chi connectivity index (χ2v) is 6.81. The maximum Gasteiger partial charge on any atom is 0.270 e. The third kappa shape index (κ3) is 5.42.